The molecule has 25 heavy (non-hydrogen) atoms. The molecule has 0 radical (unpaired) electrons. The first-order chi connectivity index (χ1) is 11.9. The highest BCUT2D eigenvalue weighted by Crippen LogP contribution is 2.18. The van der Waals surface area contributed by atoms with Gasteiger partial charge in [0.25, 0.3) is 11.5 Å². The summed E-state index contributed by atoms with van der Waals surface area (Å²) in [6, 6.07) is 11.9. The van der Waals surface area contributed by atoms with E-state index in [4.69, 9.17) is 17.0 Å². The van der Waals surface area contributed by atoms with Crippen molar-refractivity contribution in [1.82, 2.24) is 9.97 Å². The highest BCUT2D eigenvalue weighted by Gasteiger charge is 2.09. The zero-order valence-electron chi connectivity index (χ0n) is 13.8. The number of ether oxygens (including phenoxy) is 1. The fraction of sp³-hybridized carbons (Fsp3) is 0.167. The van der Waals surface area contributed by atoms with Crippen LogP contribution in [-0.4, -0.2) is 22.0 Å². The number of amides is 1. The maximum absolute atomic E-state index is 12.4. The van der Waals surface area contributed by atoms with Crippen LogP contribution >= 0.6 is 12.2 Å². The number of anilines is 1. The van der Waals surface area contributed by atoms with E-state index in [-0.39, 0.29) is 22.3 Å². The van der Waals surface area contributed by atoms with Crippen molar-refractivity contribution >= 4 is 34.7 Å². The number of benzene rings is 2. The Kier molecular flexibility index (Phi) is 4.67. The first-order valence-electron chi connectivity index (χ1n) is 7.77. The molecule has 7 heteroatoms. The summed E-state index contributed by atoms with van der Waals surface area (Å²) in [5.74, 6) is 0.463. The molecule has 6 nitrogen and oxygen atoms in total. The number of aromatic amines is 2. The number of nitrogens with one attached hydrogen (secondary N) is 3. The zero-order valence-corrected chi connectivity index (χ0v) is 14.6. The maximum Gasteiger partial charge on any atom is 0.259 e. The third-order valence-corrected chi connectivity index (χ3v) is 3.69. The average Bonchev–Trinajstić information content (AvgIpc) is 2.55. The molecule has 3 aromatic rings. The third-order valence-electron chi connectivity index (χ3n) is 3.49. The molecule has 0 saturated heterocycles. The third kappa shape index (κ3) is 3.95. The minimum absolute atomic E-state index is 0.0896. The van der Waals surface area contributed by atoms with E-state index >= 15 is 0 Å². The fourth-order valence-corrected chi connectivity index (χ4v) is 2.61. The lowest BCUT2D eigenvalue weighted by molar-refractivity contribution is 0.102. The lowest BCUT2D eigenvalue weighted by atomic mass is 10.1. The van der Waals surface area contributed by atoms with Crippen LogP contribution in [0, 0.1) is 4.77 Å². The monoisotopic (exact) mass is 355 g/mol. The Morgan fingerprint density at radius 3 is 2.52 bits per heavy atom. The van der Waals surface area contributed by atoms with Crippen LogP contribution in [0.1, 0.15) is 24.2 Å². The molecule has 0 saturated carbocycles. The lowest BCUT2D eigenvalue weighted by Crippen LogP contribution is -2.13. The number of fused-ring (bicyclic) bond motifs is 1. The predicted octanol–water partition coefficient (Wildman–Crippen LogP) is 3.63. The van der Waals surface area contributed by atoms with E-state index < -0.39 is 0 Å². The summed E-state index contributed by atoms with van der Waals surface area (Å²) in [6.07, 6.45) is 0.0896. The van der Waals surface area contributed by atoms with Crippen molar-refractivity contribution in [3.8, 4) is 5.75 Å². The number of carbonyl (C=O) groups is 1. The van der Waals surface area contributed by atoms with Gasteiger partial charge in [0.05, 0.1) is 17.0 Å². The molecule has 2 aromatic carbocycles. The molecule has 0 aliphatic rings. The van der Waals surface area contributed by atoms with E-state index in [0.717, 1.165) is 5.75 Å². The molecular formula is C18H17N3O3S. The Bertz CT molecular complexity index is 1040. The van der Waals surface area contributed by atoms with Gasteiger partial charge in [-0.25, -0.2) is 0 Å². The summed E-state index contributed by atoms with van der Waals surface area (Å²) in [5, 5.41) is 3.26. The highest BCUT2D eigenvalue weighted by molar-refractivity contribution is 7.71. The van der Waals surface area contributed by atoms with Gasteiger partial charge in [0.1, 0.15) is 5.75 Å². The van der Waals surface area contributed by atoms with Gasteiger partial charge in [-0.2, -0.15) is 0 Å². The molecule has 1 amide bonds. The smallest absolute Gasteiger partial charge is 0.259 e. The maximum atomic E-state index is 12.4. The summed E-state index contributed by atoms with van der Waals surface area (Å²) in [5.41, 5.74) is 1.31. The average molecular weight is 355 g/mol. The Balaban J connectivity index is 1.82. The zero-order chi connectivity index (χ0) is 18.0. The van der Waals surface area contributed by atoms with Gasteiger partial charge < -0.3 is 15.0 Å². The number of hydrogen-bond acceptors (Lipinski definition) is 4. The molecule has 0 unspecified atom stereocenters. The van der Waals surface area contributed by atoms with Crippen molar-refractivity contribution in [3.05, 3.63) is 63.2 Å². The minimum atomic E-state index is -0.286. The van der Waals surface area contributed by atoms with Crippen LogP contribution < -0.4 is 15.6 Å². The van der Waals surface area contributed by atoms with E-state index in [1.54, 1.807) is 42.5 Å². The van der Waals surface area contributed by atoms with Crippen molar-refractivity contribution in [1.29, 1.82) is 0 Å². The van der Waals surface area contributed by atoms with Crippen molar-refractivity contribution in [3.63, 3.8) is 0 Å². The molecule has 0 aliphatic carbocycles. The molecule has 0 aliphatic heterocycles. The van der Waals surface area contributed by atoms with E-state index in [0.29, 0.717) is 22.2 Å². The standard InChI is InChI=1S/C18H17N3O3S/c1-10(2)24-13-6-4-12(5-7-13)19-16(22)11-3-8-14-15(9-11)20-18(25)21-17(14)23/h3-10H,1-2H3,(H,19,22)(H2,20,21,23,25). The van der Waals surface area contributed by atoms with Gasteiger partial charge >= 0.3 is 0 Å². The second-order valence-electron chi connectivity index (χ2n) is 5.81. The molecule has 3 rings (SSSR count). The van der Waals surface area contributed by atoms with Gasteiger partial charge in [0.2, 0.25) is 0 Å². The van der Waals surface area contributed by atoms with Crippen LogP contribution in [0.15, 0.2) is 47.3 Å². The van der Waals surface area contributed by atoms with Crippen LogP contribution in [0.5, 0.6) is 5.75 Å². The molecule has 0 spiro atoms. The summed E-state index contributed by atoms with van der Waals surface area (Å²) in [7, 11) is 0. The minimum Gasteiger partial charge on any atom is -0.491 e. The summed E-state index contributed by atoms with van der Waals surface area (Å²) in [4.78, 5) is 29.6. The molecule has 0 atom stereocenters. The van der Waals surface area contributed by atoms with Crippen LogP contribution in [-0.2, 0) is 0 Å². The Morgan fingerprint density at radius 1 is 1.12 bits per heavy atom. The van der Waals surface area contributed by atoms with Crippen molar-refractivity contribution in [2.24, 2.45) is 0 Å². The van der Waals surface area contributed by atoms with Gasteiger partial charge in [-0.05, 0) is 68.5 Å². The van der Waals surface area contributed by atoms with Crippen LogP contribution in [0.25, 0.3) is 10.9 Å². The number of hydrogen-bond donors (Lipinski definition) is 3. The molecule has 1 heterocycles. The Morgan fingerprint density at radius 2 is 1.84 bits per heavy atom. The first-order valence-corrected chi connectivity index (χ1v) is 8.17. The molecular weight excluding hydrogens is 338 g/mol. The summed E-state index contributed by atoms with van der Waals surface area (Å²) < 4.78 is 5.79. The van der Waals surface area contributed by atoms with E-state index in [1.165, 1.54) is 0 Å². The fourth-order valence-electron chi connectivity index (χ4n) is 2.40. The molecule has 3 N–H and O–H groups in total. The van der Waals surface area contributed by atoms with E-state index in [2.05, 4.69) is 15.3 Å². The first kappa shape index (κ1) is 16.9. The second-order valence-corrected chi connectivity index (χ2v) is 6.22. The van der Waals surface area contributed by atoms with Gasteiger partial charge in [0.15, 0.2) is 4.77 Å². The Hall–Kier alpha value is -2.93. The van der Waals surface area contributed by atoms with E-state index in [1.807, 2.05) is 13.8 Å². The van der Waals surface area contributed by atoms with Crippen LogP contribution in [0.2, 0.25) is 0 Å². The summed E-state index contributed by atoms with van der Waals surface area (Å²) >= 11 is 4.96. The largest absolute Gasteiger partial charge is 0.491 e. The van der Waals surface area contributed by atoms with Crippen LogP contribution in [0.4, 0.5) is 5.69 Å². The van der Waals surface area contributed by atoms with Crippen molar-refractivity contribution < 1.29 is 9.53 Å². The highest BCUT2D eigenvalue weighted by atomic mass is 32.1. The quantitative estimate of drug-likeness (QED) is 0.624. The van der Waals surface area contributed by atoms with Crippen molar-refractivity contribution in [2.75, 3.05) is 5.32 Å². The number of rotatable bonds is 4. The predicted molar refractivity (Wildman–Crippen MR) is 99.9 cm³/mol. The molecule has 0 fully saturated rings. The van der Waals surface area contributed by atoms with Gasteiger partial charge in [-0.3, -0.25) is 14.6 Å². The lowest BCUT2D eigenvalue weighted by Gasteiger charge is -2.11. The molecule has 1 aromatic heterocycles. The van der Waals surface area contributed by atoms with Crippen molar-refractivity contribution in [2.45, 2.75) is 20.0 Å². The van der Waals surface area contributed by atoms with Crippen LogP contribution in [0.3, 0.4) is 0 Å². The van der Waals surface area contributed by atoms with Gasteiger partial charge in [-0.15, -0.1) is 0 Å². The number of aromatic nitrogens is 2. The Labute approximate surface area is 148 Å². The van der Waals surface area contributed by atoms with Gasteiger partial charge in [0, 0.05) is 11.3 Å². The van der Waals surface area contributed by atoms with Gasteiger partial charge in [-0.1, -0.05) is 0 Å². The number of H-pyrrole nitrogens is 2. The van der Waals surface area contributed by atoms with E-state index in [9.17, 15) is 9.59 Å². The SMILES string of the molecule is CC(C)Oc1ccc(NC(=O)c2ccc3c(=O)[nH]c(=S)[nH]c3c2)cc1. The molecule has 128 valence electrons. The summed E-state index contributed by atoms with van der Waals surface area (Å²) in [6.45, 7) is 3.90. The molecule has 0 bridgehead atoms. The normalized spacial score (nSPS) is 10.8. The topological polar surface area (TPSA) is 87.0 Å². The second kappa shape index (κ2) is 6.90. The number of carbonyl (C=O) groups excluding carboxylic acids is 1.